The molecule has 162 valence electrons. The van der Waals surface area contributed by atoms with E-state index in [1.807, 2.05) is 41.8 Å². The van der Waals surface area contributed by atoms with Gasteiger partial charge in [0, 0.05) is 34.6 Å². The number of fused-ring (bicyclic) bond motifs is 2. The van der Waals surface area contributed by atoms with Crippen LogP contribution in [0.1, 0.15) is 16.1 Å². The van der Waals surface area contributed by atoms with Gasteiger partial charge in [0.1, 0.15) is 28.8 Å². The lowest BCUT2D eigenvalue weighted by molar-refractivity contribution is -0.121. The van der Waals surface area contributed by atoms with Crippen LogP contribution in [-0.2, 0) is 24.4 Å². The first-order chi connectivity index (χ1) is 16.3. The number of hydrogen-bond donors (Lipinski definition) is 1. The Morgan fingerprint density at radius 2 is 1.88 bits per heavy atom. The standard InChI is InChI=1S/C25H18N4O2S2/c30-21-12-15-5-6-16(11-17(15)13-27-21)23-19-7-9-33-25(19)24(29-28-23)18-3-1-2-4-20(18)31-14-22-26-8-10-32-22/h1-11H,12-14H2,(H,27,30). The van der Waals surface area contributed by atoms with E-state index in [0.717, 1.165) is 54.5 Å². The number of hydrogen-bond acceptors (Lipinski definition) is 7. The Bertz CT molecular complexity index is 1480. The predicted octanol–water partition coefficient (Wildman–Crippen LogP) is 5.23. The average Bonchev–Trinajstić information content (AvgIpc) is 3.55. The summed E-state index contributed by atoms with van der Waals surface area (Å²) in [6.45, 7) is 0.962. The summed E-state index contributed by atoms with van der Waals surface area (Å²) in [5, 5.41) is 18.2. The highest BCUT2D eigenvalue weighted by atomic mass is 32.1. The molecular formula is C25H18N4O2S2. The van der Waals surface area contributed by atoms with Crippen LogP contribution in [0.4, 0.5) is 0 Å². The number of carbonyl (C=O) groups excluding carboxylic acids is 1. The van der Waals surface area contributed by atoms with Crippen molar-refractivity contribution in [1.82, 2.24) is 20.5 Å². The van der Waals surface area contributed by atoms with Gasteiger partial charge < -0.3 is 10.1 Å². The molecular weight excluding hydrogens is 452 g/mol. The number of ether oxygens (including phenoxy) is 1. The second-order valence-electron chi connectivity index (χ2n) is 7.71. The Morgan fingerprint density at radius 1 is 0.970 bits per heavy atom. The van der Waals surface area contributed by atoms with Crippen LogP contribution in [0.15, 0.2) is 65.5 Å². The first-order valence-corrected chi connectivity index (χ1v) is 12.3. The van der Waals surface area contributed by atoms with Crippen LogP contribution in [0.25, 0.3) is 32.6 Å². The molecule has 3 aromatic heterocycles. The number of aromatic nitrogens is 3. The van der Waals surface area contributed by atoms with Crippen molar-refractivity contribution in [1.29, 1.82) is 0 Å². The van der Waals surface area contributed by atoms with Gasteiger partial charge in [-0.1, -0.05) is 24.3 Å². The highest BCUT2D eigenvalue weighted by Gasteiger charge is 2.19. The molecule has 33 heavy (non-hydrogen) atoms. The average molecular weight is 471 g/mol. The van der Waals surface area contributed by atoms with Gasteiger partial charge in [-0.05, 0) is 40.8 Å². The van der Waals surface area contributed by atoms with Crippen molar-refractivity contribution in [2.45, 2.75) is 19.6 Å². The van der Waals surface area contributed by atoms with Crippen molar-refractivity contribution in [3.8, 4) is 28.3 Å². The zero-order valence-electron chi connectivity index (χ0n) is 17.4. The van der Waals surface area contributed by atoms with E-state index >= 15 is 0 Å². The van der Waals surface area contributed by atoms with E-state index in [1.165, 1.54) is 0 Å². The number of nitrogens with one attached hydrogen (secondary N) is 1. The summed E-state index contributed by atoms with van der Waals surface area (Å²) >= 11 is 3.22. The van der Waals surface area contributed by atoms with Crippen LogP contribution in [0.3, 0.4) is 0 Å². The summed E-state index contributed by atoms with van der Waals surface area (Å²) in [5.41, 5.74) is 5.76. The fourth-order valence-corrected chi connectivity index (χ4v) is 5.48. The fraction of sp³-hybridized carbons (Fsp3) is 0.120. The van der Waals surface area contributed by atoms with Crippen molar-refractivity contribution in [3.05, 3.63) is 81.6 Å². The highest BCUT2D eigenvalue weighted by molar-refractivity contribution is 7.17. The molecule has 0 radical (unpaired) electrons. The lowest BCUT2D eigenvalue weighted by Crippen LogP contribution is -2.30. The van der Waals surface area contributed by atoms with Crippen molar-refractivity contribution < 1.29 is 9.53 Å². The third kappa shape index (κ3) is 3.77. The molecule has 0 unspecified atom stereocenters. The summed E-state index contributed by atoms with van der Waals surface area (Å²) in [6, 6.07) is 16.2. The molecule has 1 amide bonds. The summed E-state index contributed by atoms with van der Waals surface area (Å²) < 4.78 is 7.16. The second kappa shape index (κ2) is 8.38. The van der Waals surface area contributed by atoms with Crippen molar-refractivity contribution in [2.75, 3.05) is 0 Å². The first kappa shape index (κ1) is 20.0. The lowest BCUT2D eigenvalue weighted by atomic mass is 9.96. The third-order valence-corrected chi connectivity index (χ3v) is 7.34. The van der Waals surface area contributed by atoms with Gasteiger partial charge in [0.2, 0.25) is 5.91 Å². The van der Waals surface area contributed by atoms with E-state index < -0.39 is 0 Å². The van der Waals surface area contributed by atoms with E-state index in [1.54, 1.807) is 28.9 Å². The molecule has 4 heterocycles. The van der Waals surface area contributed by atoms with Gasteiger partial charge in [-0.25, -0.2) is 4.98 Å². The number of thiophene rings is 1. The SMILES string of the molecule is O=C1Cc2ccc(-c3nnc(-c4ccccc4OCc4nccs4)c4sccc34)cc2CN1. The minimum atomic E-state index is 0.0652. The number of para-hydroxylation sites is 1. The van der Waals surface area contributed by atoms with Crippen LogP contribution >= 0.6 is 22.7 Å². The number of nitrogens with zero attached hydrogens (tertiary/aromatic N) is 3. The minimum Gasteiger partial charge on any atom is -0.486 e. The fourth-order valence-electron chi connectivity index (χ4n) is 4.06. The molecule has 0 aliphatic carbocycles. The highest BCUT2D eigenvalue weighted by Crippen LogP contribution is 2.39. The van der Waals surface area contributed by atoms with Crippen molar-refractivity contribution in [3.63, 3.8) is 0 Å². The molecule has 2 aromatic carbocycles. The van der Waals surface area contributed by atoms with Gasteiger partial charge in [-0.15, -0.1) is 32.9 Å². The summed E-state index contributed by atoms with van der Waals surface area (Å²) in [5.74, 6) is 0.823. The van der Waals surface area contributed by atoms with Crippen LogP contribution in [0.2, 0.25) is 0 Å². The van der Waals surface area contributed by atoms with Gasteiger partial charge in [-0.2, -0.15) is 0 Å². The zero-order valence-corrected chi connectivity index (χ0v) is 19.1. The molecule has 8 heteroatoms. The summed E-state index contributed by atoms with van der Waals surface area (Å²) in [6.07, 6.45) is 2.20. The largest absolute Gasteiger partial charge is 0.486 e. The smallest absolute Gasteiger partial charge is 0.224 e. The number of benzene rings is 2. The van der Waals surface area contributed by atoms with Crippen molar-refractivity contribution >= 4 is 38.7 Å². The molecule has 0 bridgehead atoms. The van der Waals surface area contributed by atoms with Gasteiger partial charge in [0.05, 0.1) is 11.1 Å². The Hall–Kier alpha value is -3.62. The Balaban J connectivity index is 1.40. The molecule has 0 saturated heterocycles. The molecule has 0 fully saturated rings. The van der Waals surface area contributed by atoms with E-state index in [-0.39, 0.29) is 5.91 Å². The maximum atomic E-state index is 11.7. The van der Waals surface area contributed by atoms with Crippen LogP contribution in [0, 0.1) is 0 Å². The molecule has 0 atom stereocenters. The molecule has 1 aliphatic rings. The normalized spacial score (nSPS) is 13.0. The van der Waals surface area contributed by atoms with E-state index in [2.05, 4.69) is 38.0 Å². The number of amides is 1. The van der Waals surface area contributed by atoms with E-state index in [9.17, 15) is 4.79 Å². The molecule has 6 nitrogen and oxygen atoms in total. The predicted molar refractivity (Wildman–Crippen MR) is 130 cm³/mol. The Morgan fingerprint density at radius 3 is 2.79 bits per heavy atom. The van der Waals surface area contributed by atoms with Crippen LogP contribution in [-0.4, -0.2) is 21.1 Å². The van der Waals surface area contributed by atoms with Gasteiger partial charge in [0.15, 0.2) is 0 Å². The molecule has 1 N–H and O–H groups in total. The molecule has 0 spiro atoms. The van der Waals surface area contributed by atoms with Gasteiger partial charge >= 0.3 is 0 Å². The molecule has 6 rings (SSSR count). The zero-order chi connectivity index (χ0) is 22.2. The lowest BCUT2D eigenvalue weighted by Gasteiger charge is -2.17. The Labute approximate surface area is 197 Å². The molecule has 5 aromatic rings. The molecule has 0 saturated carbocycles. The van der Waals surface area contributed by atoms with Crippen LogP contribution < -0.4 is 10.1 Å². The first-order valence-electron chi connectivity index (χ1n) is 10.5. The van der Waals surface area contributed by atoms with E-state index in [4.69, 9.17) is 4.74 Å². The topological polar surface area (TPSA) is 77.0 Å². The van der Waals surface area contributed by atoms with Crippen molar-refractivity contribution in [2.24, 2.45) is 0 Å². The quantitative estimate of drug-likeness (QED) is 0.380. The van der Waals surface area contributed by atoms with Gasteiger partial charge in [0.25, 0.3) is 0 Å². The number of rotatable bonds is 5. The van der Waals surface area contributed by atoms with Gasteiger partial charge in [-0.3, -0.25) is 4.79 Å². The van der Waals surface area contributed by atoms with Crippen LogP contribution in [0.5, 0.6) is 5.75 Å². The minimum absolute atomic E-state index is 0.0652. The summed E-state index contributed by atoms with van der Waals surface area (Å²) in [7, 11) is 0. The van der Waals surface area contributed by atoms with E-state index in [0.29, 0.717) is 19.6 Å². The summed E-state index contributed by atoms with van der Waals surface area (Å²) in [4.78, 5) is 16.0. The number of thiazole rings is 1. The maximum absolute atomic E-state index is 11.7. The third-order valence-electron chi connectivity index (χ3n) is 5.67. The monoisotopic (exact) mass is 470 g/mol. The maximum Gasteiger partial charge on any atom is 0.224 e. The number of carbonyl (C=O) groups is 1. The molecule has 1 aliphatic heterocycles. The Kier molecular flexibility index (Phi) is 5.09. The second-order valence-corrected chi connectivity index (χ2v) is 9.60.